The van der Waals surface area contributed by atoms with E-state index in [2.05, 4.69) is 11.2 Å². The third-order valence-electron chi connectivity index (χ3n) is 1.46. The normalized spacial score (nSPS) is 13.9. The number of hydrogen-bond acceptors (Lipinski definition) is 3. The summed E-state index contributed by atoms with van der Waals surface area (Å²) in [5, 5.41) is 9.03. The summed E-state index contributed by atoms with van der Waals surface area (Å²) in [5.74, 6) is 1.21. The molecule has 0 saturated carbocycles. The Bertz CT molecular complexity index is 88.2. The maximum atomic E-state index is 9.03. The lowest BCUT2D eigenvalue weighted by Crippen LogP contribution is -2.28. The van der Waals surface area contributed by atoms with Crippen molar-refractivity contribution in [2.24, 2.45) is 0 Å². The number of hydrogen-bond donors (Lipinski definition) is 1. The molecule has 3 heteroatoms. The van der Waals surface area contributed by atoms with E-state index in [1.54, 1.807) is 0 Å². The Morgan fingerprint density at radius 3 is 2.64 bits per heavy atom. The lowest BCUT2D eigenvalue weighted by atomic mass is 10.3. The summed E-state index contributed by atoms with van der Waals surface area (Å²) in [4.78, 5) is 2.17. The highest BCUT2D eigenvalue weighted by molar-refractivity contribution is 7.98. The van der Waals surface area contributed by atoms with Gasteiger partial charge in [-0.05, 0) is 38.9 Å². The minimum absolute atomic E-state index is 0.200. The molecule has 0 aliphatic carbocycles. The monoisotopic (exact) mass is 177 g/mol. The SMILES string of the molecule is CSCCCN(C)CC(C)O. The molecular weight excluding hydrogens is 158 g/mol. The van der Waals surface area contributed by atoms with Crippen molar-refractivity contribution in [2.45, 2.75) is 19.4 Å². The van der Waals surface area contributed by atoms with Crippen LogP contribution in [0.4, 0.5) is 0 Å². The summed E-state index contributed by atoms with van der Waals surface area (Å²) in [5.41, 5.74) is 0. The average molecular weight is 177 g/mol. The zero-order valence-electron chi connectivity index (χ0n) is 7.71. The van der Waals surface area contributed by atoms with Crippen molar-refractivity contribution in [1.29, 1.82) is 0 Å². The van der Waals surface area contributed by atoms with E-state index in [1.165, 1.54) is 12.2 Å². The molecule has 0 rings (SSSR count). The van der Waals surface area contributed by atoms with E-state index in [1.807, 2.05) is 25.7 Å². The zero-order valence-corrected chi connectivity index (χ0v) is 8.52. The van der Waals surface area contributed by atoms with Gasteiger partial charge in [0.15, 0.2) is 0 Å². The van der Waals surface area contributed by atoms with E-state index in [0.29, 0.717) is 0 Å². The van der Waals surface area contributed by atoms with Gasteiger partial charge < -0.3 is 10.0 Å². The van der Waals surface area contributed by atoms with Crippen LogP contribution in [-0.2, 0) is 0 Å². The summed E-state index contributed by atoms with van der Waals surface area (Å²) in [6.07, 6.45) is 3.13. The highest BCUT2D eigenvalue weighted by Gasteiger charge is 2.00. The highest BCUT2D eigenvalue weighted by atomic mass is 32.2. The van der Waals surface area contributed by atoms with E-state index < -0.39 is 0 Å². The van der Waals surface area contributed by atoms with Gasteiger partial charge in [0.05, 0.1) is 6.10 Å². The summed E-state index contributed by atoms with van der Waals surface area (Å²) >= 11 is 1.87. The van der Waals surface area contributed by atoms with Crippen LogP contribution < -0.4 is 0 Å². The van der Waals surface area contributed by atoms with Crippen molar-refractivity contribution < 1.29 is 5.11 Å². The minimum Gasteiger partial charge on any atom is -0.392 e. The summed E-state index contributed by atoms with van der Waals surface area (Å²) in [7, 11) is 2.05. The van der Waals surface area contributed by atoms with Crippen LogP contribution in [0.25, 0.3) is 0 Å². The molecule has 0 aromatic heterocycles. The second kappa shape index (κ2) is 6.95. The Hall–Kier alpha value is 0.270. The molecule has 0 bridgehead atoms. The van der Waals surface area contributed by atoms with E-state index in [0.717, 1.165) is 13.1 Å². The van der Waals surface area contributed by atoms with Crippen molar-refractivity contribution in [3.8, 4) is 0 Å². The fourth-order valence-corrected chi connectivity index (χ4v) is 1.44. The molecule has 0 radical (unpaired) electrons. The second-order valence-electron chi connectivity index (χ2n) is 2.96. The third-order valence-corrected chi connectivity index (χ3v) is 2.16. The highest BCUT2D eigenvalue weighted by Crippen LogP contribution is 1.97. The third kappa shape index (κ3) is 8.17. The van der Waals surface area contributed by atoms with Crippen LogP contribution >= 0.6 is 11.8 Å². The Morgan fingerprint density at radius 2 is 2.18 bits per heavy atom. The molecule has 0 aliphatic heterocycles. The maximum Gasteiger partial charge on any atom is 0.0638 e. The molecule has 0 aromatic rings. The fraction of sp³-hybridized carbons (Fsp3) is 1.00. The minimum atomic E-state index is -0.200. The Balaban J connectivity index is 3.15. The lowest BCUT2D eigenvalue weighted by molar-refractivity contribution is 0.142. The zero-order chi connectivity index (χ0) is 8.69. The molecule has 1 N–H and O–H groups in total. The van der Waals surface area contributed by atoms with Crippen LogP contribution in [-0.4, -0.2) is 48.3 Å². The molecule has 0 spiro atoms. The number of likely N-dealkylation sites (N-methyl/N-ethyl adjacent to an activating group) is 1. The first kappa shape index (κ1) is 11.3. The molecule has 0 aromatic carbocycles. The summed E-state index contributed by atoms with van der Waals surface area (Å²) in [6.45, 7) is 3.70. The van der Waals surface area contributed by atoms with Crippen molar-refractivity contribution >= 4 is 11.8 Å². The number of aliphatic hydroxyl groups excluding tert-OH is 1. The number of thioether (sulfide) groups is 1. The molecule has 0 fully saturated rings. The lowest BCUT2D eigenvalue weighted by Gasteiger charge is -2.17. The molecule has 0 saturated heterocycles. The molecule has 2 nitrogen and oxygen atoms in total. The van der Waals surface area contributed by atoms with Crippen LogP contribution in [0.5, 0.6) is 0 Å². The van der Waals surface area contributed by atoms with Gasteiger partial charge >= 0.3 is 0 Å². The molecular formula is C8H19NOS. The second-order valence-corrected chi connectivity index (χ2v) is 3.94. The first-order valence-electron chi connectivity index (χ1n) is 4.02. The Kier molecular flexibility index (Phi) is 7.12. The van der Waals surface area contributed by atoms with E-state index in [-0.39, 0.29) is 6.10 Å². The van der Waals surface area contributed by atoms with Crippen LogP contribution in [0.2, 0.25) is 0 Å². The van der Waals surface area contributed by atoms with Crippen molar-refractivity contribution in [1.82, 2.24) is 4.90 Å². The fourth-order valence-electron chi connectivity index (χ4n) is 1.02. The van der Waals surface area contributed by atoms with E-state index in [4.69, 9.17) is 5.11 Å². The smallest absolute Gasteiger partial charge is 0.0638 e. The molecule has 1 atom stereocenters. The van der Waals surface area contributed by atoms with Crippen LogP contribution in [0.1, 0.15) is 13.3 Å². The molecule has 0 aliphatic rings. The molecule has 11 heavy (non-hydrogen) atoms. The summed E-state index contributed by atoms with van der Waals surface area (Å²) < 4.78 is 0. The van der Waals surface area contributed by atoms with Gasteiger partial charge in [0.1, 0.15) is 0 Å². The van der Waals surface area contributed by atoms with Crippen molar-refractivity contribution in [3.05, 3.63) is 0 Å². The number of rotatable bonds is 6. The van der Waals surface area contributed by atoms with Gasteiger partial charge in [-0.1, -0.05) is 0 Å². The van der Waals surface area contributed by atoms with Crippen molar-refractivity contribution in [2.75, 3.05) is 32.1 Å². The quantitative estimate of drug-likeness (QED) is 0.614. The predicted octanol–water partition coefficient (Wildman–Crippen LogP) is 1.05. The Labute approximate surface area is 74.0 Å². The maximum absolute atomic E-state index is 9.03. The number of nitrogens with zero attached hydrogens (tertiary/aromatic N) is 1. The van der Waals surface area contributed by atoms with Crippen molar-refractivity contribution in [3.63, 3.8) is 0 Å². The van der Waals surface area contributed by atoms with E-state index >= 15 is 0 Å². The van der Waals surface area contributed by atoms with Gasteiger partial charge in [0, 0.05) is 6.54 Å². The molecule has 1 unspecified atom stereocenters. The Morgan fingerprint density at radius 1 is 1.55 bits per heavy atom. The van der Waals surface area contributed by atoms with Gasteiger partial charge in [-0.15, -0.1) is 0 Å². The van der Waals surface area contributed by atoms with Gasteiger partial charge in [0.25, 0.3) is 0 Å². The van der Waals surface area contributed by atoms with Gasteiger partial charge in [-0.3, -0.25) is 0 Å². The van der Waals surface area contributed by atoms with Gasteiger partial charge in [0.2, 0.25) is 0 Å². The predicted molar refractivity (Wildman–Crippen MR) is 52.2 cm³/mol. The van der Waals surface area contributed by atoms with Crippen LogP contribution in [0.15, 0.2) is 0 Å². The standard InChI is InChI=1S/C8H19NOS/c1-8(10)7-9(2)5-4-6-11-3/h8,10H,4-7H2,1-3H3. The first-order valence-corrected chi connectivity index (χ1v) is 5.41. The first-order chi connectivity index (χ1) is 5.16. The molecule has 68 valence electrons. The largest absolute Gasteiger partial charge is 0.392 e. The molecule has 0 heterocycles. The molecule has 0 amide bonds. The van der Waals surface area contributed by atoms with Gasteiger partial charge in [-0.2, -0.15) is 11.8 Å². The van der Waals surface area contributed by atoms with Gasteiger partial charge in [-0.25, -0.2) is 0 Å². The topological polar surface area (TPSA) is 23.5 Å². The average Bonchev–Trinajstić information content (AvgIpc) is 1.86. The van der Waals surface area contributed by atoms with Crippen LogP contribution in [0.3, 0.4) is 0 Å². The summed E-state index contributed by atoms with van der Waals surface area (Å²) in [6, 6.07) is 0. The van der Waals surface area contributed by atoms with Crippen LogP contribution in [0, 0.1) is 0 Å². The van der Waals surface area contributed by atoms with E-state index in [9.17, 15) is 0 Å². The number of aliphatic hydroxyl groups is 1.